The van der Waals surface area contributed by atoms with Crippen LogP contribution in [0.15, 0.2) is 102 Å². The SMILES string of the molecule is O=c1c2ccccc2nc(-c2cc3cc(Br)ccc3o2)n1N=Cc1cc(Br)cc([N+](=O)[O-])c1Oc1ccc([N+](=O)[O-])cn1. The molecule has 212 valence electrons. The van der Waals surface area contributed by atoms with Crippen LogP contribution in [0.25, 0.3) is 33.5 Å². The first kappa shape index (κ1) is 27.9. The average Bonchev–Trinajstić information content (AvgIpc) is 3.41. The number of furan rings is 1. The number of nitro benzene ring substituents is 1. The lowest BCUT2D eigenvalue weighted by molar-refractivity contribution is -0.385. The van der Waals surface area contributed by atoms with Crippen LogP contribution < -0.4 is 10.3 Å². The number of ether oxygens (including phenoxy) is 1. The minimum absolute atomic E-state index is 0.0938. The molecule has 0 saturated heterocycles. The molecule has 0 aliphatic rings. The van der Waals surface area contributed by atoms with E-state index >= 15 is 0 Å². The van der Waals surface area contributed by atoms with Gasteiger partial charge in [-0.2, -0.15) is 9.78 Å². The number of pyridine rings is 1. The molecule has 0 saturated carbocycles. The lowest BCUT2D eigenvalue weighted by Crippen LogP contribution is -2.20. The minimum atomic E-state index is -0.662. The van der Waals surface area contributed by atoms with E-state index in [1.807, 2.05) is 12.1 Å². The summed E-state index contributed by atoms with van der Waals surface area (Å²) in [4.78, 5) is 43.8. The monoisotopic (exact) mass is 704 g/mol. The summed E-state index contributed by atoms with van der Waals surface area (Å²) in [7, 11) is 0. The Morgan fingerprint density at radius 3 is 2.51 bits per heavy atom. The molecule has 0 spiro atoms. The van der Waals surface area contributed by atoms with E-state index in [0.717, 1.165) is 26.8 Å². The summed E-state index contributed by atoms with van der Waals surface area (Å²) in [6, 6.07) is 19.0. The summed E-state index contributed by atoms with van der Waals surface area (Å²) in [5, 5.41) is 28.4. The number of nitro groups is 2. The minimum Gasteiger partial charge on any atom is -0.453 e. The second kappa shape index (κ2) is 11.2. The summed E-state index contributed by atoms with van der Waals surface area (Å²) >= 11 is 6.70. The molecule has 0 atom stereocenters. The number of para-hydroxylation sites is 1. The zero-order valence-corrected chi connectivity index (χ0v) is 24.6. The van der Waals surface area contributed by atoms with E-state index in [1.165, 1.54) is 24.4 Å². The summed E-state index contributed by atoms with van der Waals surface area (Å²) in [5.41, 5.74) is -0.161. The van der Waals surface area contributed by atoms with Crippen LogP contribution in [0.3, 0.4) is 0 Å². The number of aromatic nitrogens is 3. The van der Waals surface area contributed by atoms with Crippen molar-refractivity contribution in [1.82, 2.24) is 14.6 Å². The summed E-state index contributed by atoms with van der Waals surface area (Å²) in [5.74, 6) is -0.0317. The molecule has 0 amide bonds. The van der Waals surface area contributed by atoms with Gasteiger partial charge in [0.25, 0.3) is 11.2 Å². The van der Waals surface area contributed by atoms with Gasteiger partial charge in [-0.3, -0.25) is 25.0 Å². The number of nitrogens with zero attached hydrogens (tertiary/aromatic N) is 6. The number of rotatable bonds is 7. The maximum absolute atomic E-state index is 13.7. The molecule has 3 heterocycles. The Morgan fingerprint density at radius 1 is 0.953 bits per heavy atom. The Labute approximate surface area is 256 Å². The van der Waals surface area contributed by atoms with Crippen LogP contribution in [0.1, 0.15) is 5.56 Å². The van der Waals surface area contributed by atoms with E-state index in [-0.39, 0.29) is 39.9 Å². The molecule has 0 unspecified atom stereocenters. The first-order valence-electron chi connectivity index (χ1n) is 12.2. The molecule has 0 radical (unpaired) electrons. The van der Waals surface area contributed by atoms with Gasteiger partial charge in [-0.05, 0) is 42.5 Å². The van der Waals surface area contributed by atoms with Crippen LogP contribution in [0.4, 0.5) is 11.4 Å². The highest BCUT2D eigenvalue weighted by Crippen LogP contribution is 2.37. The smallest absolute Gasteiger partial charge is 0.313 e. The van der Waals surface area contributed by atoms with Gasteiger partial charge in [-0.15, -0.1) is 0 Å². The molecule has 0 N–H and O–H groups in total. The zero-order chi connectivity index (χ0) is 30.2. The lowest BCUT2D eigenvalue weighted by Gasteiger charge is -2.10. The Morgan fingerprint density at radius 2 is 1.77 bits per heavy atom. The number of fused-ring (bicyclic) bond motifs is 2. The van der Waals surface area contributed by atoms with Crippen LogP contribution in [-0.4, -0.2) is 30.7 Å². The van der Waals surface area contributed by atoms with Crippen molar-refractivity contribution in [3.05, 3.63) is 124 Å². The van der Waals surface area contributed by atoms with E-state index in [1.54, 1.807) is 36.4 Å². The summed E-state index contributed by atoms with van der Waals surface area (Å²) in [6.45, 7) is 0. The van der Waals surface area contributed by atoms with Crippen molar-refractivity contribution in [2.75, 3.05) is 0 Å². The first-order chi connectivity index (χ1) is 20.7. The van der Waals surface area contributed by atoms with Gasteiger partial charge in [0, 0.05) is 38.1 Å². The Kier molecular flexibility index (Phi) is 7.25. The van der Waals surface area contributed by atoms with Gasteiger partial charge in [-0.1, -0.05) is 44.0 Å². The van der Waals surface area contributed by atoms with Crippen molar-refractivity contribution >= 4 is 71.3 Å². The molecule has 6 rings (SSSR count). The third kappa shape index (κ3) is 5.50. The first-order valence-corrected chi connectivity index (χ1v) is 13.8. The topological polar surface area (TPSA) is 169 Å². The van der Waals surface area contributed by atoms with Crippen LogP contribution in [0, 0.1) is 20.2 Å². The molecular formula is C28H14Br2N6O7. The predicted molar refractivity (Wildman–Crippen MR) is 164 cm³/mol. The van der Waals surface area contributed by atoms with E-state index in [2.05, 4.69) is 46.9 Å². The van der Waals surface area contributed by atoms with Crippen LogP contribution in [0.2, 0.25) is 0 Å². The average molecular weight is 706 g/mol. The Balaban J connectivity index is 1.52. The number of halogens is 2. The molecule has 43 heavy (non-hydrogen) atoms. The molecule has 6 aromatic rings. The summed E-state index contributed by atoms with van der Waals surface area (Å²) < 4.78 is 13.9. The fourth-order valence-electron chi connectivity index (χ4n) is 4.22. The van der Waals surface area contributed by atoms with Crippen molar-refractivity contribution in [2.24, 2.45) is 5.10 Å². The maximum atomic E-state index is 13.7. The summed E-state index contributed by atoms with van der Waals surface area (Å²) in [6.07, 6.45) is 2.17. The maximum Gasteiger partial charge on any atom is 0.313 e. The van der Waals surface area contributed by atoms with Gasteiger partial charge in [0.2, 0.25) is 17.5 Å². The highest BCUT2D eigenvalue weighted by Gasteiger charge is 2.23. The van der Waals surface area contributed by atoms with Crippen LogP contribution in [0.5, 0.6) is 11.6 Å². The molecule has 0 fully saturated rings. The Bertz CT molecular complexity index is 2180. The van der Waals surface area contributed by atoms with Gasteiger partial charge < -0.3 is 9.15 Å². The standard InChI is InChI=1S/C28H14Br2N6O7/c29-17-5-7-23-15(9-17)11-24(42-23)27-33-21-4-2-1-3-20(21)28(37)34(27)32-13-16-10-18(30)12-22(36(40)41)26(16)43-25-8-6-19(14-31-25)35(38)39/h1-14H. The molecule has 3 aromatic carbocycles. The van der Waals surface area contributed by atoms with E-state index in [9.17, 15) is 25.0 Å². The van der Waals surface area contributed by atoms with Crippen molar-refractivity contribution in [3.8, 4) is 23.2 Å². The van der Waals surface area contributed by atoms with Crippen molar-refractivity contribution < 1.29 is 19.0 Å². The van der Waals surface area contributed by atoms with Crippen LogP contribution in [-0.2, 0) is 0 Å². The van der Waals surface area contributed by atoms with Gasteiger partial charge in [-0.25, -0.2) is 9.97 Å². The number of hydrogen-bond acceptors (Lipinski definition) is 10. The number of hydrogen-bond donors (Lipinski definition) is 0. The molecule has 15 heteroatoms. The van der Waals surface area contributed by atoms with E-state index in [4.69, 9.17) is 9.15 Å². The van der Waals surface area contributed by atoms with E-state index in [0.29, 0.717) is 15.6 Å². The van der Waals surface area contributed by atoms with Gasteiger partial charge in [0.05, 0.1) is 27.0 Å². The molecule has 0 bridgehead atoms. The van der Waals surface area contributed by atoms with Gasteiger partial charge in [0.1, 0.15) is 11.8 Å². The fraction of sp³-hybridized carbons (Fsp3) is 0. The largest absolute Gasteiger partial charge is 0.453 e. The zero-order valence-electron chi connectivity index (χ0n) is 21.4. The van der Waals surface area contributed by atoms with Crippen molar-refractivity contribution in [1.29, 1.82) is 0 Å². The normalized spacial score (nSPS) is 11.4. The third-order valence-electron chi connectivity index (χ3n) is 6.16. The molecule has 0 aliphatic carbocycles. The van der Waals surface area contributed by atoms with Crippen molar-refractivity contribution in [3.63, 3.8) is 0 Å². The molecular weight excluding hydrogens is 692 g/mol. The van der Waals surface area contributed by atoms with Gasteiger partial charge >= 0.3 is 5.69 Å². The lowest BCUT2D eigenvalue weighted by atomic mass is 10.2. The fourth-order valence-corrected chi connectivity index (χ4v) is 5.06. The second-order valence-electron chi connectivity index (χ2n) is 8.92. The number of benzene rings is 3. The molecule has 3 aromatic heterocycles. The third-order valence-corrected chi connectivity index (χ3v) is 7.11. The van der Waals surface area contributed by atoms with Gasteiger partial charge in [0.15, 0.2) is 5.76 Å². The molecule has 0 aliphatic heterocycles. The highest BCUT2D eigenvalue weighted by molar-refractivity contribution is 9.10. The second-order valence-corrected chi connectivity index (χ2v) is 10.8. The van der Waals surface area contributed by atoms with Crippen LogP contribution >= 0.6 is 31.9 Å². The van der Waals surface area contributed by atoms with E-state index < -0.39 is 21.1 Å². The molecule has 13 nitrogen and oxygen atoms in total. The van der Waals surface area contributed by atoms with Crippen molar-refractivity contribution in [2.45, 2.75) is 0 Å². The predicted octanol–water partition coefficient (Wildman–Crippen LogP) is 7.22. The quantitative estimate of drug-likeness (QED) is 0.0945. The highest BCUT2D eigenvalue weighted by atomic mass is 79.9. The Hall–Kier alpha value is -5.28.